The second kappa shape index (κ2) is 5.21. The van der Waals surface area contributed by atoms with Crippen molar-refractivity contribution < 1.29 is 5.11 Å². The van der Waals surface area contributed by atoms with E-state index in [2.05, 4.69) is 21.2 Å². The molecule has 1 rings (SSSR count). The van der Waals surface area contributed by atoms with Crippen LogP contribution in [0.1, 0.15) is 0 Å². The standard InChI is InChI=1S/C9H13BrN2O/c10-7-2-1-3-8(4-7)12-6-9(13)5-11/h1-4,9,12-13H,5-6,11H2. The van der Waals surface area contributed by atoms with Gasteiger partial charge < -0.3 is 16.2 Å². The van der Waals surface area contributed by atoms with Crippen LogP contribution in [0, 0.1) is 0 Å². The monoisotopic (exact) mass is 244 g/mol. The first kappa shape index (κ1) is 10.5. The minimum absolute atomic E-state index is 0.279. The Bertz CT molecular complexity index is 268. The number of aliphatic hydroxyl groups is 1. The molecule has 13 heavy (non-hydrogen) atoms. The van der Waals surface area contributed by atoms with Crippen molar-refractivity contribution in [1.82, 2.24) is 0 Å². The maximum atomic E-state index is 9.19. The largest absolute Gasteiger partial charge is 0.390 e. The van der Waals surface area contributed by atoms with Crippen molar-refractivity contribution in [3.63, 3.8) is 0 Å². The number of anilines is 1. The molecule has 3 nitrogen and oxygen atoms in total. The van der Waals surface area contributed by atoms with Crippen molar-refractivity contribution >= 4 is 21.6 Å². The summed E-state index contributed by atoms with van der Waals surface area (Å²) in [5.74, 6) is 0. The zero-order chi connectivity index (χ0) is 9.68. The van der Waals surface area contributed by atoms with Gasteiger partial charge in [0.25, 0.3) is 0 Å². The minimum Gasteiger partial charge on any atom is -0.390 e. The molecule has 0 fully saturated rings. The van der Waals surface area contributed by atoms with E-state index in [-0.39, 0.29) is 6.54 Å². The third kappa shape index (κ3) is 3.76. The van der Waals surface area contributed by atoms with E-state index in [4.69, 9.17) is 5.73 Å². The third-order valence-corrected chi connectivity index (χ3v) is 2.13. The van der Waals surface area contributed by atoms with E-state index in [1.165, 1.54) is 0 Å². The highest BCUT2D eigenvalue weighted by Crippen LogP contribution is 2.15. The smallest absolute Gasteiger partial charge is 0.0834 e. The summed E-state index contributed by atoms with van der Waals surface area (Å²) in [6.45, 7) is 0.758. The molecule has 1 aromatic carbocycles. The zero-order valence-electron chi connectivity index (χ0n) is 7.20. The van der Waals surface area contributed by atoms with Crippen LogP contribution in [-0.2, 0) is 0 Å². The van der Waals surface area contributed by atoms with Gasteiger partial charge in [0, 0.05) is 23.2 Å². The van der Waals surface area contributed by atoms with Gasteiger partial charge in [-0.3, -0.25) is 0 Å². The Morgan fingerprint density at radius 2 is 2.31 bits per heavy atom. The summed E-state index contributed by atoms with van der Waals surface area (Å²) < 4.78 is 1.01. The first-order valence-electron chi connectivity index (χ1n) is 4.10. The summed E-state index contributed by atoms with van der Waals surface area (Å²) in [5, 5.41) is 12.3. The number of hydrogen-bond acceptors (Lipinski definition) is 3. The molecule has 1 unspecified atom stereocenters. The van der Waals surface area contributed by atoms with Gasteiger partial charge in [-0.05, 0) is 18.2 Å². The van der Waals surface area contributed by atoms with Crippen molar-refractivity contribution in [2.24, 2.45) is 5.73 Å². The average Bonchev–Trinajstić information content (AvgIpc) is 2.14. The number of rotatable bonds is 4. The quantitative estimate of drug-likeness (QED) is 0.746. The highest BCUT2D eigenvalue weighted by atomic mass is 79.9. The van der Waals surface area contributed by atoms with Crippen LogP contribution < -0.4 is 11.1 Å². The van der Waals surface area contributed by atoms with Crippen LogP contribution in [0.4, 0.5) is 5.69 Å². The fourth-order valence-electron chi connectivity index (χ4n) is 0.917. The van der Waals surface area contributed by atoms with Crippen LogP contribution in [0.3, 0.4) is 0 Å². The number of halogens is 1. The topological polar surface area (TPSA) is 58.3 Å². The van der Waals surface area contributed by atoms with Crippen molar-refractivity contribution in [2.75, 3.05) is 18.4 Å². The zero-order valence-corrected chi connectivity index (χ0v) is 8.79. The predicted octanol–water partition coefficient (Wildman–Crippen LogP) is 1.18. The van der Waals surface area contributed by atoms with Crippen LogP contribution in [0.5, 0.6) is 0 Å². The molecule has 0 radical (unpaired) electrons. The van der Waals surface area contributed by atoms with Gasteiger partial charge in [-0.15, -0.1) is 0 Å². The molecule has 0 amide bonds. The lowest BCUT2D eigenvalue weighted by Crippen LogP contribution is -2.27. The van der Waals surface area contributed by atoms with Gasteiger partial charge in [-0.2, -0.15) is 0 Å². The molecule has 0 spiro atoms. The summed E-state index contributed by atoms with van der Waals surface area (Å²) in [5.41, 5.74) is 6.24. The van der Waals surface area contributed by atoms with Crippen LogP contribution in [0.15, 0.2) is 28.7 Å². The van der Waals surface area contributed by atoms with E-state index in [1.807, 2.05) is 24.3 Å². The van der Waals surface area contributed by atoms with Crippen molar-refractivity contribution in [2.45, 2.75) is 6.10 Å². The fourth-order valence-corrected chi connectivity index (χ4v) is 1.32. The number of hydrogen-bond donors (Lipinski definition) is 3. The minimum atomic E-state index is -0.487. The maximum Gasteiger partial charge on any atom is 0.0834 e. The Balaban J connectivity index is 2.45. The fraction of sp³-hybridized carbons (Fsp3) is 0.333. The van der Waals surface area contributed by atoms with Gasteiger partial charge in [0.05, 0.1) is 6.10 Å². The number of aliphatic hydroxyl groups excluding tert-OH is 1. The number of nitrogens with one attached hydrogen (secondary N) is 1. The Hall–Kier alpha value is -0.580. The summed E-state index contributed by atoms with van der Waals surface area (Å²) in [4.78, 5) is 0. The molecule has 0 aliphatic rings. The van der Waals surface area contributed by atoms with E-state index >= 15 is 0 Å². The highest BCUT2D eigenvalue weighted by molar-refractivity contribution is 9.10. The lowest BCUT2D eigenvalue weighted by atomic mass is 10.3. The SMILES string of the molecule is NCC(O)CNc1cccc(Br)c1. The molecular weight excluding hydrogens is 232 g/mol. The van der Waals surface area contributed by atoms with Gasteiger partial charge in [0.15, 0.2) is 0 Å². The van der Waals surface area contributed by atoms with E-state index < -0.39 is 6.10 Å². The maximum absolute atomic E-state index is 9.19. The molecule has 0 bridgehead atoms. The van der Waals surface area contributed by atoms with Crippen LogP contribution >= 0.6 is 15.9 Å². The number of nitrogens with two attached hydrogens (primary N) is 1. The molecular formula is C9H13BrN2O. The first-order chi connectivity index (χ1) is 6.22. The molecule has 1 aromatic rings. The van der Waals surface area contributed by atoms with Crippen molar-refractivity contribution in [3.05, 3.63) is 28.7 Å². The normalized spacial score (nSPS) is 12.5. The summed E-state index contributed by atoms with van der Waals surface area (Å²) >= 11 is 3.36. The predicted molar refractivity (Wildman–Crippen MR) is 57.7 cm³/mol. The van der Waals surface area contributed by atoms with E-state index in [0.717, 1.165) is 10.2 Å². The molecule has 72 valence electrons. The molecule has 0 aliphatic heterocycles. The van der Waals surface area contributed by atoms with Crippen LogP contribution in [0.25, 0.3) is 0 Å². The van der Waals surface area contributed by atoms with Crippen LogP contribution in [-0.4, -0.2) is 24.3 Å². The second-order valence-corrected chi connectivity index (χ2v) is 3.70. The Morgan fingerprint density at radius 3 is 2.92 bits per heavy atom. The Morgan fingerprint density at radius 1 is 1.54 bits per heavy atom. The molecule has 4 heteroatoms. The molecule has 0 aliphatic carbocycles. The van der Waals surface area contributed by atoms with E-state index in [9.17, 15) is 5.11 Å². The molecule has 0 saturated heterocycles. The number of benzene rings is 1. The first-order valence-corrected chi connectivity index (χ1v) is 4.89. The van der Waals surface area contributed by atoms with E-state index in [0.29, 0.717) is 6.54 Å². The molecule has 1 atom stereocenters. The van der Waals surface area contributed by atoms with Gasteiger partial charge in [0.2, 0.25) is 0 Å². The van der Waals surface area contributed by atoms with Crippen molar-refractivity contribution in [3.8, 4) is 0 Å². The van der Waals surface area contributed by atoms with Gasteiger partial charge in [-0.1, -0.05) is 22.0 Å². The lowest BCUT2D eigenvalue weighted by molar-refractivity contribution is 0.196. The molecule has 4 N–H and O–H groups in total. The molecule has 0 heterocycles. The molecule has 0 aromatic heterocycles. The average molecular weight is 245 g/mol. The Labute approximate surface area is 86.1 Å². The lowest BCUT2D eigenvalue weighted by Gasteiger charge is -2.10. The van der Waals surface area contributed by atoms with Gasteiger partial charge in [0.1, 0.15) is 0 Å². The van der Waals surface area contributed by atoms with Gasteiger partial charge >= 0.3 is 0 Å². The second-order valence-electron chi connectivity index (χ2n) is 2.78. The summed E-state index contributed by atoms with van der Waals surface area (Å²) in [6.07, 6.45) is -0.487. The van der Waals surface area contributed by atoms with E-state index in [1.54, 1.807) is 0 Å². The van der Waals surface area contributed by atoms with Crippen molar-refractivity contribution in [1.29, 1.82) is 0 Å². The van der Waals surface area contributed by atoms with Gasteiger partial charge in [-0.25, -0.2) is 0 Å². The van der Waals surface area contributed by atoms with Crippen LogP contribution in [0.2, 0.25) is 0 Å². The summed E-state index contributed by atoms with van der Waals surface area (Å²) in [7, 11) is 0. The molecule has 0 saturated carbocycles. The Kier molecular flexibility index (Phi) is 4.21. The third-order valence-electron chi connectivity index (χ3n) is 1.64. The summed E-state index contributed by atoms with van der Waals surface area (Å²) in [6, 6.07) is 7.77. The highest BCUT2D eigenvalue weighted by Gasteiger charge is 1.99.